The summed E-state index contributed by atoms with van der Waals surface area (Å²) in [6, 6.07) is 0.418. The molecule has 1 saturated heterocycles. The van der Waals surface area contributed by atoms with Crippen molar-refractivity contribution in [3.63, 3.8) is 0 Å². The van der Waals surface area contributed by atoms with E-state index in [0.29, 0.717) is 18.1 Å². The Morgan fingerprint density at radius 1 is 1.26 bits per heavy atom. The van der Waals surface area contributed by atoms with Gasteiger partial charge in [0.2, 0.25) is 0 Å². The summed E-state index contributed by atoms with van der Waals surface area (Å²) in [5.74, 6) is 0. The summed E-state index contributed by atoms with van der Waals surface area (Å²) in [7, 11) is 0. The van der Waals surface area contributed by atoms with Gasteiger partial charge in [0.25, 0.3) is 0 Å². The molecule has 1 N–H and O–H groups in total. The third-order valence-corrected chi connectivity index (χ3v) is 5.29. The predicted octanol–water partition coefficient (Wildman–Crippen LogP) is 3.75. The van der Waals surface area contributed by atoms with Gasteiger partial charge in [-0.15, -0.1) is 0 Å². The van der Waals surface area contributed by atoms with E-state index >= 15 is 0 Å². The molecule has 19 heavy (non-hydrogen) atoms. The zero-order chi connectivity index (χ0) is 13.9. The Kier molecular flexibility index (Phi) is 5.08. The smallest absolute Gasteiger partial charge is 0.0586 e. The molecule has 2 nitrogen and oxygen atoms in total. The van der Waals surface area contributed by atoms with Crippen LogP contribution in [0.5, 0.6) is 0 Å². The van der Waals surface area contributed by atoms with Crippen LogP contribution in [0.25, 0.3) is 0 Å². The molecule has 0 amide bonds. The molecule has 1 heterocycles. The first-order chi connectivity index (χ1) is 9.04. The standard InChI is InChI=1S/C17H31NO/c1-14-7-6-10-17(2,3)16(14)9-12-18-11-5-4-8-15(18)13-19/h15,19H,4-13H2,1-3H3/t15-/m1/s1. The topological polar surface area (TPSA) is 23.5 Å². The van der Waals surface area contributed by atoms with Crippen molar-refractivity contribution in [2.24, 2.45) is 5.41 Å². The van der Waals surface area contributed by atoms with Crippen molar-refractivity contribution in [1.29, 1.82) is 0 Å². The Balaban J connectivity index is 1.97. The molecule has 1 aliphatic heterocycles. The Labute approximate surface area is 118 Å². The fourth-order valence-corrected chi connectivity index (χ4v) is 4.04. The van der Waals surface area contributed by atoms with Crippen molar-refractivity contribution in [2.45, 2.75) is 71.8 Å². The van der Waals surface area contributed by atoms with E-state index in [2.05, 4.69) is 25.7 Å². The Morgan fingerprint density at radius 2 is 2.05 bits per heavy atom. The minimum Gasteiger partial charge on any atom is -0.395 e. The fourth-order valence-electron chi connectivity index (χ4n) is 4.04. The van der Waals surface area contributed by atoms with Crippen LogP contribution in [0.2, 0.25) is 0 Å². The third-order valence-electron chi connectivity index (χ3n) is 5.29. The number of aliphatic hydroxyl groups is 1. The van der Waals surface area contributed by atoms with Crippen molar-refractivity contribution < 1.29 is 5.11 Å². The van der Waals surface area contributed by atoms with Gasteiger partial charge in [-0.05, 0) is 57.4 Å². The quantitative estimate of drug-likeness (QED) is 0.783. The molecular formula is C17H31NO. The summed E-state index contributed by atoms with van der Waals surface area (Å²) in [4.78, 5) is 2.52. The van der Waals surface area contributed by atoms with Crippen molar-refractivity contribution in [2.75, 3.05) is 19.7 Å². The number of rotatable bonds is 4. The molecule has 0 aromatic heterocycles. The Morgan fingerprint density at radius 3 is 2.74 bits per heavy atom. The second-order valence-electron chi connectivity index (χ2n) is 7.11. The molecule has 0 spiro atoms. The van der Waals surface area contributed by atoms with Gasteiger partial charge in [0.1, 0.15) is 0 Å². The molecule has 110 valence electrons. The van der Waals surface area contributed by atoms with Crippen LogP contribution in [-0.4, -0.2) is 35.7 Å². The van der Waals surface area contributed by atoms with E-state index in [4.69, 9.17) is 0 Å². The first-order valence-corrected chi connectivity index (χ1v) is 8.08. The Hall–Kier alpha value is -0.340. The average molecular weight is 265 g/mol. The third kappa shape index (κ3) is 3.61. The van der Waals surface area contributed by atoms with Crippen molar-refractivity contribution in [3.05, 3.63) is 11.1 Å². The van der Waals surface area contributed by atoms with E-state index in [1.807, 2.05) is 0 Å². The monoisotopic (exact) mass is 265 g/mol. The number of likely N-dealkylation sites (tertiary alicyclic amines) is 1. The number of nitrogens with zero attached hydrogens (tertiary/aromatic N) is 1. The van der Waals surface area contributed by atoms with Gasteiger partial charge in [-0.1, -0.05) is 31.4 Å². The highest BCUT2D eigenvalue weighted by Gasteiger charge is 2.29. The normalized spacial score (nSPS) is 28.7. The van der Waals surface area contributed by atoms with E-state index in [1.165, 1.54) is 51.5 Å². The number of hydrogen-bond donors (Lipinski definition) is 1. The summed E-state index contributed by atoms with van der Waals surface area (Å²) in [6.07, 6.45) is 8.96. The number of hydrogen-bond acceptors (Lipinski definition) is 2. The molecular weight excluding hydrogens is 234 g/mol. The molecule has 1 aliphatic carbocycles. The molecule has 0 bridgehead atoms. The van der Waals surface area contributed by atoms with Crippen LogP contribution >= 0.6 is 0 Å². The van der Waals surface area contributed by atoms with Crippen LogP contribution in [0.4, 0.5) is 0 Å². The Bertz CT molecular complexity index is 332. The highest BCUT2D eigenvalue weighted by molar-refractivity contribution is 5.22. The maximum absolute atomic E-state index is 9.50. The van der Waals surface area contributed by atoms with Gasteiger partial charge < -0.3 is 5.11 Å². The van der Waals surface area contributed by atoms with Crippen LogP contribution in [-0.2, 0) is 0 Å². The predicted molar refractivity (Wildman–Crippen MR) is 81.2 cm³/mol. The van der Waals surface area contributed by atoms with Gasteiger partial charge in [-0.25, -0.2) is 0 Å². The van der Waals surface area contributed by atoms with Crippen LogP contribution in [0, 0.1) is 5.41 Å². The van der Waals surface area contributed by atoms with Gasteiger partial charge in [0.15, 0.2) is 0 Å². The zero-order valence-electron chi connectivity index (χ0n) is 13.0. The lowest BCUT2D eigenvalue weighted by Gasteiger charge is -2.38. The zero-order valence-corrected chi connectivity index (χ0v) is 13.0. The molecule has 2 heteroatoms. The maximum Gasteiger partial charge on any atom is 0.0586 e. The first kappa shape index (κ1) is 15.1. The maximum atomic E-state index is 9.50. The molecule has 0 unspecified atom stereocenters. The van der Waals surface area contributed by atoms with Crippen LogP contribution in [0.1, 0.15) is 65.7 Å². The molecule has 1 fully saturated rings. The highest BCUT2D eigenvalue weighted by atomic mass is 16.3. The van der Waals surface area contributed by atoms with E-state index in [1.54, 1.807) is 11.1 Å². The van der Waals surface area contributed by atoms with E-state index in [9.17, 15) is 5.11 Å². The minimum absolute atomic E-state index is 0.335. The van der Waals surface area contributed by atoms with Gasteiger partial charge in [0.05, 0.1) is 6.61 Å². The molecule has 2 aliphatic rings. The van der Waals surface area contributed by atoms with E-state index < -0.39 is 0 Å². The van der Waals surface area contributed by atoms with Gasteiger partial charge in [0, 0.05) is 12.6 Å². The van der Waals surface area contributed by atoms with Crippen molar-refractivity contribution in [3.8, 4) is 0 Å². The van der Waals surface area contributed by atoms with Crippen molar-refractivity contribution >= 4 is 0 Å². The van der Waals surface area contributed by atoms with Crippen LogP contribution in [0.15, 0.2) is 11.1 Å². The highest BCUT2D eigenvalue weighted by Crippen LogP contribution is 2.41. The molecule has 1 atom stereocenters. The number of piperidine rings is 1. The summed E-state index contributed by atoms with van der Waals surface area (Å²) >= 11 is 0. The van der Waals surface area contributed by atoms with Gasteiger partial charge in [-0.2, -0.15) is 0 Å². The van der Waals surface area contributed by atoms with Crippen LogP contribution < -0.4 is 0 Å². The van der Waals surface area contributed by atoms with Crippen LogP contribution in [0.3, 0.4) is 0 Å². The van der Waals surface area contributed by atoms with Gasteiger partial charge >= 0.3 is 0 Å². The minimum atomic E-state index is 0.335. The lowest BCUT2D eigenvalue weighted by atomic mass is 9.71. The van der Waals surface area contributed by atoms with E-state index in [-0.39, 0.29) is 0 Å². The molecule has 0 aromatic rings. The second-order valence-corrected chi connectivity index (χ2v) is 7.11. The lowest BCUT2D eigenvalue weighted by molar-refractivity contribution is 0.0897. The first-order valence-electron chi connectivity index (χ1n) is 8.08. The van der Waals surface area contributed by atoms with Gasteiger partial charge in [-0.3, -0.25) is 4.90 Å². The summed E-state index contributed by atoms with van der Waals surface area (Å²) in [6.45, 7) is 9.80. The molecule has 0 aromatic carbocycles. The van der Waals surface area contributed by atoms with E-state index in [0.717, 1.165) is 6.54 Å². The summed E-state index contributed by atoms with van der Waals surface area (Å²) in [5.41, 5.74) is 3.72. The SMILES string of the molecule is CC1=C(CCN2CCCC[C@@H]2CO)C(C)(C)CCC1. The summed E-state index contributed by atoms with van der Waals surface area (Å²) in [5, 5.41) is 9.50. The second kappa shape index (κ2) is 6.41. The molecule has 0 radical (unpaired) electrons. The molecule has 0 saturated carbocycles. The number of aliphatic hydroxyl groups excluding tert-OH is 1. The molecule has 2 rings (SSSR count). The average Bonchev–Trinajstić information content (AvgIpc) is 2.38. The number of allylic oxidation sites excluding steroid dienone is 1. The largest absolute Gasteiger partial charge is 0.395 e. The fraction of sp³-hybridized carbons (Fsp3) is 0.882. The summed E-state index contributed by atoms with van der Waals surface area (Å²) < 4.78 is 0. The van der Waals surface area contributed by atoms with Crippen molar-refractivity contribution in [1.82, 2.24) is 4.90 Å². The lowest BCUT2D eigenvalue weighted by Crippen LogP contribution is -2.42.